The van der Waals surface area contributed by atoms with Crippen molar-refractivity contribution in [2.75, 3.05) is 0 Å². The number of hydrogen-bond acceptors (Lipinski definition) is 3. The van der Waals surface area contributed by atoms with Crippen LogP contribution >= 0.6 is 23.6 Å². The molecule has 4 nitrogen and oxygen atoms in total. The zero-order chi connectivity index (χ0) is 16.2. The average Bonchev–Trinajstić information content (AvgIpc) is 2.96. The number of amides is 1. The van der Waals surface area contributed by atoms with E-state index in [2.05, 4.69) is 23.1 Å². The molecule has 0 radical (unpaired) electrons. The first-order valence-electron chi connectivity index (χ1n) is 8.60. The van der Waals surface area contributed by atoms with E-state index < -0.39 is 0 Å². The molecule has 6 heteroatoms. The molecule has 0 bridgehead atoms. The topological polar surface area (TPSA) is 53.2 Å². The molecule has 0 spiro atoms. The SMILES string of the molecule is C[C@H]1CCc2sc(C(=O)NNC(=S)NC3CCCCC3)cc2C1. The Labute approximate surface area is 147 Å². The first-order valence-corrected chi connectivity index (χ1v) is 9.82. The fourth-order valence-electron chi connectivity index (χ4n) is 3.46. The summed E-state index contributed by atoms with van der Waals surface area (Å²) >= 11 is 6.89. The maximum absolute atomic E-state index is 12.3. The van der Waals surface area contributed by atoms with E-state index in [1.807, 2.05) is 6.07 Å². The largest absolute Gasteiger partial charge is 0.359 e. The van der Waals surface area contributed by atoms with Gasteiger partial charge in [-0.2, -0.15) is 0 Å². The lowest BCUT2D eigenvalue weighted by Gasteiger charge is -2.24. The van der Waals surface area contributed by atoms with Crippen LogP contribution in [0, 0.1) is 5.92 Å². The number of hydrogen-bond donors (Lipinski definition) is 3. The highest BCUT2D eigenvalue weighted by atomic mass is 32.1. The number of thiophene rings is 1. The summed E-state index contributed by atoms with van der Waals surface area (Å²) in [5.41, 5.74) is 6.92. The number of nitrogens with one attached hydrogen (secondary N) is 3. The summed E-state index contributed by atoms with van der Waals surface area (Å²) in [4.78, 5) is 14.4. The molecule has 3 N–H and O–H groups in total. The molecule has 1 heterocycles. The minimum absolute atomic E-state index is 0.0927. The molecule has 1 aromatic heterocycles. The Morgan fingerprint density at radius 2 is 2.00 bits per heavy atom. The van der Waals surface area contributed by atoms with Crippen LogP contribution in [-0.4, -0.2) is 17.1 Å². The molecule has 2 aliphatic carbocycles. The number of thiocarbonyl (C=S) groups is 1. The number of aryl methyl sites for hydroxylation is 1. The van der Waals surface area contributed by atoms with Gasteiger partial charge >= 0.3 is 0 Å². The highest BCUT2D eigenvalue weighted by Gasteiger charge is 2.21. The van der Waals surface area contributed by atoms with E-state index in [4.69, 9.17) is 12.2 Å². The normalized spacial score (nSPS) is 21.3. The zero-order valence-electron chi connectivity index (χ0n) is 13.6. The molecule has 1 amide bonds. The van der Waals surface area contributed by atoms with Gasteiger partial charge in [0.15, 0.2) is 5.11 Å². The molecule has 0 aliphatic heterocycles. The fourth-order valence-corrected chi connectivity index (χ4v) is 4.78. The van der Waals surface area contributed by atoms with E-state index in [1.54, 1.807) is 11.3 Å². The Kier molecular flexibility index (Phi) is 5.54. The molecular formula is C17H25N3OS2. The Balaban J connectivity index is 1.48. The molecule has 1 fully saturated rings. The van der Waals surface area contributed by atoms with Crippen LogP contribution < -0.4 is 16.2 Å². The second-order valence-electron chi connectivity index (χ2n) is 6.79. The van der Waals surface area contributed by atoms with Gasteiger partial charge < -0.3 is 5.32 Å². The smallest absolute Gasteiger partial charge is 0.279 e. The number of carbonyl (C=O) groups excluding carboxylic acids is 1. The van der Waals surface area contributed by atoms with Gasteiger partial charge in [0.1, 0.15) is 0 Å². The van der Waals surface area contributed by atoms with Crippen LogP contribution in [0.2, 0.25) is 0 Å². The van der Waals surface area contributed by atoms with Crippen LogP contribution in [0.5, 0.6) is 0 Å². The third kappa shape index (κ3) is 4.44. The molecule has 2 aliphatic rings. The second kappa shape index (κ2) is 7.62. The third-order valence-corrected chi connectivity index (χ3v) is 6.24. The lowest BCUT2D eigenvalue weighted by molar-refractivity contribution is 0.0947. The van der Waals surface area contributed by atoms with Crippen LogP contribution in [0.25, 0.3) is 0 Å². The monoisotopic (exact) mass is 351 g/mol. The van der Waals surface area contributed by atoms with Crippen molar-refractivity contribution in [2.24, 2.45) is 5.92 Å². The summed E-state index contributed by atoms with van der Waals surface area (Å²) < 4.78 is 0. The van der Waals surface area contributed by atoms with E-state index in [-0.39, 0.29) is 5.91 Å². The average molecular weight is 352 g/mol. The molecule has 0 unspecified atom stereocenters. The standard InChI is InChI=1S/C17H25N3OS2/c1-11-7-8-14-12(9-11)10-15(23-14)16(21)19-20-17(22)18-13-5-3-2-4-6-13/h10-11,13H,2-9H2,1H3,(H,19,21)(H2,18,20,22)/t11-/m0/s1. The van der Waals surface area contributed by atoms with Gasteiger partial charge in [-0.25, -0.2) is 0 Å². The van der Waals surface area contributed by atoms with E-state index in [1.165, 1.54) is 36.1 Å². The summed E-state index contributed by atoms with van der Waals surface area (Å²) in [6.45, 7) is 2.28. The van der Waals surface area contributed by atoms with Gasteiger partial charge in [-0.1, -0.05) is 26.2 Å². The summed E-state index contributed by atoms with van der Waals surface area (Å²) in [6, 6.07) is 2.49. The van der Waals surface area contributed by atoms with Gasteiger partial charge in [0.2, 0.25) is 0 Å². The Morgan fingerprint density at radius 1 is 1.22 bits per heavy atom. The van der Waals surface area contributed by atoms with Gasteiger partial charge in [0.25, 0.3) is 5.91 Å². The molecule has 3 rings (SSSR count). The highest BCUT2D eigenvalue weighted by molar-refractivity contribution is 7.80. The van der Waals surface area contributed by atoms with Gasteiger partial charge in [-0.05, 0) is 61.9 Å². The molecule has 126 valence electrons. The number of rotatable bonds is 2. The van der Waals surface area contributed by atoms with Crippen molar-refractivity contribution in [3.05, 3.63) is 21.4 Å². The van der Waals surface area contributed by atoms with Crippen molar-refractivity contribution < 1.29 is 4.79 Å². The van der Waals surface area contributed by atoms with Gasteiger partial charge in [-0.3, -0.25) is 15.6 Å². The van der Waals surface area contributed by atoms with E-state index >= 15 is 0 Å². The Morgan fingerprint density at radius 3 is 2.78 bits per heavy atom. The number of carbonyl (C=O) groups is 1. The van der Waals surface area contributed by atoms with Crippen molar-refractivity contribution in [1.82, 2.24) is 16.2 Å². The molecule has 23 heavy (non-hydrogen) atoms. The lowest BCUT2D eigenvalue weighted by atomic mass is 9.90. The predicted octanol–water partition coefficient (Wildman–Crippen LogP) is 3.31. The van der Waals surface area contributed by atoms with Crippen LogP contribution in [0.3, 0.4) is 0 Å². The minimum Gasteiger partial charge on any atom is -0.359 e. The van der Waals surface area contributed by atoms with Crippen LogP contribution in [-0.2, 0) is 12.8 Å². The number of hydrazine groups is 1. The van der Waals surface area contributed by atoms with Gasteiger partial charge in [0.05, 0.1) is 4.88 Å². The third-order valence-electron chi connectivity index (χ3n) is 4.78. The lowest BCUT2D eigenvalue weighted by Crippen LogP contribution is -2.49. The first-order chi connectivity index (χ1) is 11.1. The second-order valence-corrected chi connectivity index (χ2v) is 8.34. The summed E-state index contributed by atoms with van der Waals surface area (Å²) in [6.07, 6.45) is 9.56. The molecule has 0 aromatic carbocycles. The van der Waals surface area contributed by atoms with Crippen LogP contribution in [0.15, 0.2) is 6.07 Å². The molecule has 0 saturated heterocycles. The predicted molar refractivity (Wildman–Crippen MR) is 98.7 cm³/mol. The first kappa shape index (κ1) is 16.7. The molecule has 1 atom stereocenters. The maximum atomic E-state index is 12.3. The number of fused-ring (bicyclic) bond motifs is 1. The van der Waals surface area contributed by atoms with Crippen LogP contribution in [0.1, 0.15) is 65.6 Å². The zero-order valence-corrected chi connectivity index (χ0v) is 15.2. The van der Waals surface area contributed by atoms with Crippen molar-refractivity contribution in [3.63, 3.8) is 0 Å². The Hall–Kier alpha value is -1.14. The van der Waals surface area contributed by atoms with Crippen LogP contribution in [0.4, 0.5) is 0 Å². The van der Waals surface area contributed by atoms with E-state index in [9.17, 15) is 4.79 Å². The van der Waals surface area contributed by atoms with Crippen molar-refractivity contribution in [2.45, 2.75) is 64.3 Å². The molecular weight excluding hydrogens is 326 g/mol. The van der Waals surface area contributed by atoms with E-state index in [0.29, 0.717) is 11.2 Å². The van der Waals surface area contributed by atoms with E-state index in [0.717, 1.165) is 36.5 Å². The molecule has 1 aromatic rings. The summed E-state index contributed by atoms with van der Waals surface area (Å²) in [5, 5.41) is 3.80. The highest BCUT2D eigenvalue weighted by Crippen LogP contribution is 2.32. The summed E-state index contributed by atoms with van der Waals surface area (Å²) in [5.74, 6) is 0.628. The quantitative estimate of drug-likeness (QED) is 0.565. The van der Waals surface area contributed by atoms with Crippen molar-refractivity contribution in [1.29, 1.82) is 0 Å². The van der Waals surface area contributed by atoms with Gasteiger partial charge in [-0.15, -0.1) is 11.3 Å². The van der Waals surface area contributed by atoms with Crippen molar-refractivity contribution in [3.8, 4) is 0 Å². The minimum atomic E-state index is -0.0927. The van der Waals surface area contributed by atoms with Crippen molar-refractivity contribution >= 4 is 34.6 Å². The molecule has 1 saturated carbocycles. The Bertz CT molecular complexity index is 578. The summed E-state index contributed by atoms with van der Waals surface area (Å²) in [7, 11) is 0. The van der Waals surface area contributed by atoms with Gasteiger partial charge in [0, 0.05) is 10.9 Å². The maximum Gasteiger partial charge on any atom is 0.279 e. The fraction of sp³-hybridized carbons (Fsp3) is 0.647.